The fraction of sp³-hybridized carbons (Fsp3) is 0.588. The van der Waals surface area contributed by atoms with Crippen molar-refractivity contribution in [3.63, 3.8) is 0 Å². The Bertz CT molecular complexity index is 1020. The maximum absolute atomic E-state index is 12.5. The highest BCUT2D eigenvalue weighted by molar-refractivity contribution is 7.91. The lowest BCUT2D eigenvalue weighted by Crippen LogP contribution is -2.56. The highest BCUT2D eigenvalue weighted by Crippen LogP contribution is 2.44. The number of ether oxygens (including phenoxy) is 2. The monoisotopic (exact) mass is 409 g/mol. The van der Waals surface area contributed by atoms with Crippen LogP contribution in [-0.2, 0) is 19.3 Å². The van der Waals surface area contributed by atoms with Crippen LogP contribution in [0.3, 0.4) is 0 Å². The van der Waals surface area contributed by atoms with E-state index in [0.717, 1.165) is 0 Å². The summed E-state index contributed by atoms with van der Waals surface area (Å²) in [5.41, 5.74) is 0.587. The number of nitrogens with zero attached hydrogens (tertiary/aromatic N) is 4. The zero-order chi connectivity index (χ0) is 20.3. The van der Waals surface area contributed by atoms with Gasteiger partial charge in [0.05, 0.1) is 25.3 Å². The van der Waals surface area contributed by atoms with E-state index in [1.807, 2.05) is 6.92 Å². The molecule has 4 heterocycles. The van der Waals surface area contributed by atoms with Gasteiger partial charge in [0.2, 0.25) is 5.88 Å². The largest absolute Gasteiger partial charge is 0.494 e. The van der Waals surface area contributed by atoms with Gasteiger partial charge in [0, 0.05) is 12.3 Å². The summed E-state index contributed by atoms with van der Waals surface area (Å²) in [7, 11) is -3.52. The topological polar surface area (TPSA) is 131 Å². The lowest BCUT2D eigenvalue weighted by atomic mass is 10.0. The van der Waals surface area contributed by atoms with E-state index in [2.05, 4.69) is 25.1 Å². The molecule has 28 heavy (non-hydrogen) atoms. The van der Waals surface area contributed by atoms with E-state index in [1.165, 1.54) is 12.3 Å². The molecule has 2 N–H and O–H groups in total. The number of sulfone groups is 1. The number of nitrogens with one attached hydrogen (secondary N) is 1. The average Bonchev–Trinajstić information content (AvgIpc) is 3.06. The van der Waals surface area contributed by atoms with Gasteiger partial charge in [-0.05, 0) is 20.8 Å². The molecule has 0 amide bonds. The van der Waals surface area contributed by atoms with E-state index < -0.39 is 14.6 Å². The summed E-state index contributed by atoms with van der Waals surface area (Å²) >= 11 is 0. The lowest BCUT2D eigenvalue weighted by Gasteiger charge is -2.45. The Morgan fingerprint density at radius 2 is 2.04 bits per heavy atom. The van der Waals surface area contributed by atoms with Crippen LogP contribution in [0.5, 0.6) is 11.6 Å². The van der Waals surface area contributed by atoms with Crippen LogP contribution in [0.25, 0.3) is 11.5 Å². The molecule has 2 aromatic rings. The minimum atomic E-state index is -3.52. The van der Waals surface area contributed by atoms with E-state index in [0.29, 0.717) is 37.1 Å². The number of H-pyrrole nitrogens is 1. The molecule has 2 aliphatic heterocycles. The molecule has 0 spiro atoms. The Kier molecular flexibility index (Phi) is 4.27. The smallest absolute Gasteiger partial charge is 0.207 e. The van der Waals surface area contributed by atoms with Crippen molar-refractivity contribution >= 4 is 15.7 Å². The molecule has 0 radical (unpaired) electrons. The third-order valence-electron chi connectivity index (χ3n) is 5.34. The van der Waals surface area contributed by atoms with Gasteiger partial charge < -0.3 is 19.5 Å². The number of hydrogen-bond acceptors (Lipinski definition) is 9. The highest BCUT2D eigenvalue weighted by atomic mass is 32.2. The van der Waals surface area contributed by atoms with Crippen LogP contribution in [0.2, 0.25) is 0 Å². The van der Waals surface area contributed by atoms with Crippen molar-refractivity contribution in [2.75, 3.05) is 31.0 Å². The fourth-order valence-corrected chi connectivity index (χ4v) is 3.95. The van der Waals surface area contributed by atoms with Crippen LogP contribution in [0.15, 0.2) is 6.07 Å². The Labute approximate surface area is 162 Å². The standard InChI is InChI=1S/C17H23N5O5S/c1-9-6-26-7-10-8-27-13-14(17(2,3)28(4,24)25)18-15(19-16(13)22(9)10)11-5-12(23)21-20-11/h5,9-10H,6-8H2,1-4H3,(H2,20,21,23)/t9-,10+/m1/s1. The van der Waals surface area contributed by atoms with Crippen LogP contribution in [0, 0.1) is 0 Å². The van der Waals surface area contributed by atoms with Crippen molar-refractivity contribution in [1.29, 1.82) is 0 Å². The molecule has 1 saturated heterocycles. The van der Waals surface area contributed by atoms with E-state index in [1.54, 1.807) is 13.8 Å². The molecular weight excluding hydrogens is 386 g/mol. The molecule has 2 aromatic heterocycles. The van der Waals surface area contributed by atoms with Crippen molar-refractivity contribution in [3.8, 4) is 23.1 Å². The maximum Gasteiger partial charge on any atom is 0.207 e. The molecular formula is C17H23N5O5S. The Hall–Kier alpha value is -2.40. The Balaban J connectivity index is 1.97. The molecule has 0 bridgehead atoms. The summed E-state index contributed by atoms with van der Waals surface area (Å²) in [4.78, 5) is 11.2. The van der Waals surface area contributed by atoms with Crippen LogP contribution < -0.4 is 9.64 Å². The van der Waals surface area contributed by atoms with Gasteiger partial charge in [-0.25, -0.2) is 23.5 Å². The van der Waals surface area contributed by atoms with Gasteiger partial charge in [-0.1, -0.05) is 0 Å². The summed E-state index contributed by atoms with van der Waals surface area (Å²) in [6.45, 7) is 6.59. The number of aromatic nitrogens is 4. The SMILES string of the molecule is C[C@@H]1COC[C@H]2COc3c(nc(-c4cc(O)[nH]n4)nc3C(C)(C)S(C)(=O)=O)N21. The predicted molar refractivity (Wildman–Crippen MR) is 101 cm³/mol. The summed E-state index contributed by atoms with van der Waals surface area (Å²) in [6, 6.07) is 1.40. The second-order valence-corrected chi connectivity index (χ2v) is 10.3. The Morgan fingerprint density at radius 3 is 2.68 bits per heavy atom. The van der Waals surface area contributed by atoms with Gasteiger partial charge in [0.1, 0.15) is 22.7 Å². The third kappa shape index (κ3) is 2.89. The number of anilines is 1. The summed E-state index contributed by atoms with van der Waals surface area (Å²) in [6.07, 6.45) is 1.17. The van der Waals surface area contributed by atoms with Gasteiger partial charge in [-0.2, -0.15) is 5.10 Å². The minimum Gasteiger partial charge on any atom is -0.494 e. The van der Waals surface area contributed by atoms with Crippen molar-refractivity contribution in [3.05, 3.63) is 11.8 Å². The number of aromatic hydroxyl groups is 1. The number of aromatic amines is 1. The summed E-state index contributed by atoms with van der Waals surface area (Å²) < 4.78 is 35.3. The van der Waals surface area contributed by atoms with Crippen LogP contribution in [-0.4, -0.2) is 71.8 Å². The van der Waals surface area contributed by atoms with Crippen molar-refractivity contribution < 1.29 is 23.0 Å². The molecule has 2 atom stereocenters. The average molecular weight is 409 g/mol. The second-order valence-electron chi connectivity index (χ2n) is 7.73. The van der Waals surface area contributed by atoms with Crippen molar-refractivity contribution in [1.82, 2.24) is 20.2 Å². The Morgan fingerprint density at radius 1 is 1.29 bits per heavy atom. The molecule has 0 saturated carbocycles. The van der Waals surface area contributed by atoms with Gasteiger partial charge in [-0.15, -0.1) is 0 Å². The maximum atomic E-state index is 12.5. The fourth-order valence-electron chi connectivity index (χ4n) is 3.46. The molecule has 2 aliphatic rings. The molecule has 0 aromatic carbocycles. The van der Waals surface area contributed by atoms with Crippen LogP contribution in [0.1, 0.15) is 26.5 Å². The molecule has 0 aliphatic carbocycles. The first kappa shape index (κ1) is 18.9. The van der Waals surface area contributed by atoms with Gasteiger partial charge >= 0.3 is 0 Å². The third-order valence-corrected chi connectivity index (χ3v) is 7.39. The molecule has 0 unspecified atom stereocenters. The molecule has 152 valence electrons. The second kappa shape index (κ2) is 6.31. The molecule has 1 fully saturated rings. The number of fused-ring (bicyclic) bond motifs is 3. The first-order valence-electron chi connectivity index (χ1n) is 8.95. The van der Waals surface area contributed by atoms with Gasteiger partial charge in [0.15, 0.2) is 27.2 Å². The summed E-state index contributed by atoms with van der Waals surface area (Å²) in [5.74, 6) is 0.967. The van der Waals surface area contributed by atoms with E-state index in [9.17, 15) is 13.5 Å². The van der Waals surface area contributed by atoms with Crippen LogP contribution >= 0.6 is 0 Å². The number of morpholine rings is 1. The first-order valence-corrected chi connectivity index (χ1v) is 10.8. The van der Waals surface area contributed by atoms with Crippen molar-refractivity contribution in [2.45, 2.75) is 37.6 Å². The highest BCUT2D eigenvalue weighted by Gasteiger charge is 2.44. The number of rotatable bonds is 3. The van der Waals surface area contributed by atoms with E-state index in [-0.39, 0.29) is 29.5 Å². The van der Waals surface area contributed by atoms with Gasteiger partial charge in [0.25, 0.3) is 0 Å². The quantitative estimate of drug-likeness (QED) is 0.757. The minimum absolute atomic E-state index is 0.0271. The normalized spacial score (nSPS) is 22.4. The summed E-state index contributed by atoms with van der Waals surface area (Å²) in [5, 5.41) is 16.1. The lowest BCUT2D eigenvalue weighted by molar-refractivity contribution is 0.0482. The molecule has 11 heteroatoms. The predicted octanol–water partition coefficient (Wildman–Crippen LogP) is 0.838. The van der Waals surface area contributed by atoms with Crippen molar-refractivity contribution in [2.24, 2.45) is 0 Å². The zero-order valence-corrected chi connectivity index (χ0v) is 16.9. The van der Waals surface area contributed by atoms with Crippen LogP contribution in [0.4, 0.5) is 5.82 Å². The zero-order valence-electron chi connectivity index (χ0n) is 16.1. The molecule has 10 nitrogen and oxygen atoms in total. The van der Waals surface area contributed by atoms with E-state index >= 15 is 0 Å². The van der Waals surface area contributed by atoms with Gasteiger partial charge in [-0.3, -0.25) is 0 Å². The first-order chi connectivity index (χ1) is 13.1. The van der Waals surface area contributed by atoms with E-state index in [4.69, 9.17) is 9.47 Å². The number of hydrogen-bond donors (Lipinski definition) is 2. The molecule has 4 rings (SSSR count).